The summed E-state index contributed by atoms with van der Waals surface area (Å²) in [4.78, 5) is 0. The average Bonchev–Trinajstić information content (AvgIpc) is 2.76. The summed E-state index contributed by atoms with van der Waals surface area (Å²) in [5.41, 5.74) is 0.0643. The second-order valence-corrected chi connectivity index (χ2v) is 10.5. The van der Waals surface area contributed by atoms with E-state index in [1.807, 2.05) is 0 Å². The number of hydrogen-bond acceptors (Lipinski definition) is 6. The minimum absolute atomic E-state index is 0.0643. The molecule has 8 heteroatoms. The van der Waals surface area contributed by atoms with Crippen molar-refractivity contribution < 1.29 is 32.7 Å². The maximum atomic E-state index is 9.45. The molecule has 0 atom stereocenters. The molecule has 208 valence electrons. The van der Waals surface area contributed by atoms with Crippen LogP contribution in [0.3, 0.4) is 0 Å². The molecule has 0 unspecified atom stereocenters. The van der Waals surface area contributed by atoms with E-state index < -0.39 is 10.4 Å². The van der Waals surface area contributed by atoms with Gasteiger partial charge in [0.15, 0.2) is 0 Å². The molecule has 0 saturated carbocycles. The highest BCUT2D eigenvalue weighted by molar-refractivity contribution is 7.80. The predicted molar refractivity (Wildman–Crippen MR) is 139 cm³/mol. The molecule has 0 fully saturated rings. The zero-order valence-electron chi connectivity index (χ0n) is 22.6. The van der Waals surface area contributed by atoms with Crippen molar-refractivity contribution in [3.8, 4) is 0 Å². The van der Waals surface area contributed by atoms with E-state index >= 15 is 0 Å². The molecule has 0 bridgehead atoms. The van der Waals surface area contributed by atoms with Crippen molar-refractivity contribution in [1.29, 1.82) is 0 Å². The summed E-state index contributed by atoms with van der Waals surface area (Å²) in [7, 11) is -4.42. The maximum absolute atomic E-state index is 9.45. The molecule has 0 aromatic heterocycles. The molecular weight excluding hydrogens is 454 g/mol. The molecule has 0 amide bonds. The van der Waals surface area contributed by atoms with Gasteiger partial charge in [-0.1, -0.05) is 96.8 Å². The molecule has 0 radical (unpaired) electrons. The van der Waals surface area contributed by atoms with E-state index in [1.54, 1.807) is 0 Å². The van der Waals surface area contributed by atoms with Crippen LogP contribution in [0.25, 0.3) is 0 Å². The third kappa shape index (κ3) is 26.4. The zero-order valence-corrected chi connectivity index (χ0v) is 23.4. The van der Waals surface area contributed by atoms with Crippen LogP contribution >= 0.6 is 0 Å². The lowest BCUT2D eigenvalue weighted by Crippen LogP contribution is -2.96. The Morgan fingerprint density at radius 1 is 0.676 bits per heavy atom. The van der Waals surface area contributed by atoms with E-state index in [0.29, 0.717) is 0 Å². The van der Waals surface area contributed by atoms with Gasteiger partial charge in [0.25, 0.3) is 0 Å². The summed E-state index contributed by atoms with van der Waals surface area (Å²) in [6.07, 6.45) is 23.7. The Bertz CT molecular complexity index is 484. The van der Waals surface area contributed by atoms with E-state index in [0.717, 1.165) is 25.8 Å². The van der Waals surface area contributed by atoms with Crippen LogP contribution in [0.2, 0.25) is 0 Å². The topological polar surface area (TPSA) is 124 Å². The van der Waals surface area contributed by atoms with Gasteiger partial charge in [-0.25, -0.2) is 8.42 Å². The van der Waals surface area contributed by atoms with Crippen molar-refractivity contribution in [3.63, 3.8) is 0 Å². The summed E-state index contributed by atoms with van der Waals surface area (Å²) < 4.78 is 32.0. The van der Waals surface area contributed by atoms with Crippen LogP contribution in [-0.4, -0.2) is 55.1 Å². The maximum Gasteiger partial charge on any atom is 0.217 e. The number of hydrogen-bond donors (Lipinski definition) is 3. The first-order valence-electron chi connectivity index (χ1n) is 14.0. The van der Waals surface area contributed by atoms with Crippen molar-refractivity contribution in [2.75, 3.05) is 26.4 Å². The molecule has 0 aromatic rings. The molecule has 0 aromatic carbocycles. The molecule has 0 aliphatic heterocycles. The number of aliphatic hydroxyl groups excluding tert-OH is 2. The third-order valence-corrected chi connectivity index (χ3v) is 6.92. The van der Waals surface area contributed by atoms with Gasteiger partial charge in [0.2, 0.25) is 10.4 Å². The van der Waals surface area contributed by atoms with Crippen LogP contribution in [0, 0.1) is 0 Å². The SMILES string of the molecule is CCCCCCCCCCCCCCCCCC(CCO)(CCO)[NH2+]CC.CCOS(=O)(=O)[O-]. The predicted octanol–water partition coefficient (Wildman–Crippen LogP) is 4.82. The highest BCUT2D eigenvalue weighted by Gasteiger charge is 2.31. The highest BCUT2D eigenvalue weighted by Crippen LogP contribution is 2.20. The van der Waals surface area contributed by atoms with Gasteiger partial charge in [0, 0.05) is 32.5 Å². The smallest absolute Gasteiger partial charge is 0.217 e. The summed E-state index contributed by atoms with van der Waals surface area (Å²) in [5, 5.41) is 21.1. The van der Waals surface area contributed by atoms with Gasteiger partial charge in [0.05, 0.1) is 13.2 Å². The largest absolute Gasteiger partial charge is 0.726 e. The summed E-state index contributed by atoms with van der Waals surface area (Å²) in [6, 6.07) is 0. The highest BCUT2D eigenvalue weighted by atomic mass is 32.3. The monoisotopic (exact) mass is 511 g/mol. The summed E-state index contributed by atoms with van der Waals surface area (Å²) in [6.45, 7) is 7.27. The van der Waals surface area contributed by atoms with Crippen LogP contribution in [0.5, 0.6) is 0 Å². The zero-order chi connectivity index (χ0) is 26.0. The molecule has 34 heavy (non-hydrogen) atoms. The van der Waals surface area contributed by atoms with E-state index in [9.17, 15) is 23.2 Å². The van der Waals surface area contributed by atoms with E-state index in [2.05, 4.69) is 23.3 Å². The molecule has 0 aliphatic rings. The first kappa shape index (κ1) is 35.9. The Labute approximate surface area is 211 Å². The first-order valence-corrected chi connectivity index (χ1v) is 15.3. The van der Waals surface area contributed by atoms with Crippen LogP contribution in [0.15, 0.2) is 0 Å². The number of nitrogens with two attached hydrogens (primary N) is 1. The normalized spacial score (nSPS) is 11.9. The number of rotatable bonds is 24. The Kier molecular flexibility index (Phi) is 27.3. The van der Waals surface area contributed by atoms with Gasteiger partial charge in [-0.15, -0.1) is 0 Å². The second-order valence-electron chi connectivity index (χ2n) is 9.44. The van der Waals surface area contributed by atoms with Crippen LogP contribution in [0.1, 0.15) is 136 Å². The Morgan fingerprint density at radius 2 is 1.06 bits per heavy atom. The Hall–Kier alpha value is -0.250. The van der Waals surface area contributed by atoms with E-state index in [1.165, 1.54) is 103 Å². The molecule has 0 aliphatic carbocycles. The summed E-state index contributed by atoms with van der Waals surface area (Å²) >= 11 is 0. The van der Waals surface area contributed by atoms with Gasteiger partial charge in [0.1, 0.15) is 5.54 Å². The summed E-state index contributed by atoms with van der Waals surface area (Å²) in [5.74, 6) is 0. The lowest BCUT2D eigenvalue weighted by Gasteiger charge is -2.30. The number of quaternary nitrogens is 1. The second kappa shape index (κ2) is 25.8. The molecule has 4 N–H and O–H groups in total. The van der Waals surface area contributed by atoms with Crippen molar-refractivity contribution in [2.45, 2.75) is 142 Å². The fraction of sp³-hybridized carbons (Fsp3) is 1.00. The average molecular weight is 512 g/mol. The minimum Gasteiger partial charge on any atom is -0.726 e. The van der Waals surface area contributed by atoms with Crippen LogP contribution in [-0.2, 0) is 14.6 Å². The molecule has 0 heterocycles. The van der Waals surface area contributed by atoms with Gasteiger partial charge in [-0.2, -0.15) is 0 Å². The fourth-order valence-electron chi connectivity index (χ4n) is 4.55. The molecule has 7 nitrogen and oxygen atoms in total. The minimum atomic E-state index is -4.42. The van der Waals surface area contributed by atoms with Crippen molar-refractivity contribution >= 4 is 10.4 Å². The van der Waals surface area contributed by atoms with Crippen LogP contribution in [0.4, 0.5) is 0 Å². The molecule has 0 spiro atoms. The van der Waals surface area contributed by atoms with Crippen molar-refractivity contribution in [1.82, 2.24) is 0 Å². The molecule has 0 saturated heterocycles. The Balaban J connectivity index is 0. The quantitative estimate of drug-likeness (QED) is 0.0970. The number of aliphatic hydroxyl groups is 2. The van der Waals surface area contributed by atoms with E-state index in [4.69, 9.17) is 0 Å². The lowest BCUT2D eigenvalue weighted by molar-refractivity contribution is -0.728. The van der Waals surface area contributed by atoms with E-state index in [-0.39, 0.29) is 25.4 Å². The van der Waals surface area contributed by atoms with Crippen LogP contribution < -0.4 is 5.32 Å². The van der Waals surface area contributed by atoms with Gasteiger partial charge in [-0.3, -0.25) is 4.18 Å². The third-order valence-electron chi connectivity index (χ3n) is 6.40. The lowest BCUT2D eigenvalue weighted by atomic mass is 9.85. The first-order chi connectivity index (χ1) is 16.3. The Morgan fingerprint density at radius 3 is 1.32 bits per heavy atom. The van der Waals surface area contributed by atoms with Gasteiger partial charge >= 0.3 is 0 Å². The molecular formula is C26H57NO6S. The standard InChI is InChI=1S/C24H51NO2.C2H6O4S/c1-3-5-6-7-8-9-10-11-12-13-14-15-16-17-18-19-24(20-22-26,21-23-27)25-4-2;1-2-6-7(3,4)5/h25-27H,3-23H2,1-2H3;2H2,1H3,(H,3,4,5). The fourth-order valence-corrected chi connectivity index (χ4v) is 4.84. The van der Waals surface area contributed by atoms with Crippen molar-refractivity contribution in [2.24, 2.45) is 0 Å². The van der Waals surface area contributed by atoms with Gasteiger partial charge < -0.3 is 20.1 Å². The molecule has 0 rings (SSSR count). The van der Waals surface area contributed by atoms with Gasteiger partial charge in [-0.05, 0) is 20.3 Å². The van der Waals surface area contributed by atoms with Crippen molar-refractivity contribution in [3.05, 3.63) is 0 Å². The number of unbranched alkanes of at least 4 members (excludes halogenated alkanes) is 14.